The van der Waals surface area contributed by atoms with Gasteiger partial charge in [0, 0.05) is 37.7 Å². The van der Waals surface area contributed by atoms with Crippen molar-refractivity contribution in [2.75, 3.05) is 18.5 Å². The summed E-state index contributed by atoms with van der Waals surface area (Å²) < 4.78 is 65.5. The first-order valence-corrected chi connectivity index (χ1v) is 11.9. The van der Waals surface area contributed by atoms with Gasteiger partial charge < -0.3 is 19.7 Å². The molecule has 1 unspecified atom stereocenters. The molecule has 9 nitrogen and oxygen atoms in total. The van der Waals surface area contributed by atoms with Gasteiger partial charge in [-0.3, -0.25) is 0 Å². The summed E-state index contributed by atoms with van der Waals surface area (Å²) in [6.45, 7) is 6.03. The van der Waals surface area contributed by atoms with Crippen LogP contribution in [0.15, 0.2) is 18.3 Å². The predicted octanol–water partition coefficient (Wildman–Crippen LogP) is 4.98. The first-order valence-electron chi connectivity index (χ1n) is 11.9. The Kier molecular flexibility index (Phi) is 7.28. The van der Waals surface area contributed by atoms with Crippen molar-refractivity contribution in [1.82, 2.24) is 24.6 Å². The smallest absolute Gasteiger partial charge is 0.410 e. The molecule has 0 radical (unpaired) electrons. The van der Waals surface area contributed by atoms with Gasteiger partial charge in [-0.05, 0) is 46.1 Å². The highest BCUT2D eigenvalue weighted by Gasteiger charge is 2.36. The molecule has 2 aromatic rings. The summed E-state index contributed by atoms with van der Waals surface area (Å²) in [5.41, 5.74) is -1.05. The quantitative estimate of drug-likeness (QED) is 0.521. The minimum atomic E-state index is -2.76. The highest BCUT2D eigenvalue weighted by molar-refractivity contribution is 5.69. The van der Waals surface area contributed by atoms with Crippen LogP contribution in [0.2, 0.25) is 0 Å². The molecule has 4 rings (SSSR count). The molecule has 1 saturated heterocycles. The van der Waals surface area contributed by atoms with Gasteiger partial charge in [-0.1, -0.05) is 0 Å². The van der Waals surface area contributed by atoms with E-state index >= 15 is 0 Å². The highest BCUT2D eigenvalue weighted by atomic mass is 19.3. The molecule has 2 aliphatic rings. The molecule has 3 heterocycles. The van der Waals surface area contributed by atoms with E-state index in [9.17, 15) is 22.4 Å². The first-order chi connectivity index (χ1) is 16.9. The van der Waals surface area contributed by atoms with Crippen LogP contribution in [0.1, 0.15) is 65.0 Å². The zero-order chi connectivity index (χ0) is 26.1. The Hall–Kier alpha value is -3.12. The topological polar surface area (TPSA) is 94.4 Å². The average Bonchev–Trinajstić information content (AvgIpc) is 3.24. The number of anilines is 1. The van der Waals surface area contributed by atoms with E-state index in [0.717, 1.165) is 17.2 Å². The first kappa shape index (κ1) is 26.0. The number of amides is 1. The van der Waals surface area contributed by atoms with E-state index in [1.54, 1.807) is 25.7 Å². The summed E-state index contributed by atoms with van der Waals surface area (Å²) in [4.78, 5) is 22.5. The molecule has 13 heteroatoms. The summed E-state index contributed by atoms with van der Waals surface area (Å²) in [5.74, 6) is -2.25. The Balaban J connectivity index is 1.49. The third-order valence-corrected chi connectivity index (χ3v) is 5.99. The largest absolute Gasteiger partial charge is 0.475 e. The molecule has 36 heavy (non-hydrogen) atoms. The summed E-state index contributed by atoms with van der Waals surface area (Å²) in [5, 5.41) is 6.94. The number of hydrogen-bond acceptors (Lipinski definition) is 7. The number of rotatable bonds is 7. The molecule has 1 aliphatic carbocycles. The summed E-state index contributed by atoms with van der Waals surface area (Å²) in [6, 6.07) is 2.23. The predicted molar refractivity (Wildman–Crippen MR) is 122 cm³/mol. The van der Waals surface area contributed by atoms with Gasteiger partial charge in [0.15, 0.2) is 0 Å². The van der Waals surface area contributed by atoms with Crippen molar-refractivity contribution in [2.45, 2.75) is 82.9 Å². The third kappa shape index (κ3) is 6.55. The Morgan fingerprint density at radius 2 is 1.94 bits per heavy atom. The van der Waals surface area contributed by atoms with Crippen molar-refractivity contribution >= 4 is 11.9 Å². The molecule has 2 aromatic heterocycles. The zero-order valence-electron chi connectivity index (χ0n) is 20.4. The van der Waals surface area contributed by atoms with Gasteiger partial charge in [-0.25, -0.2) is 27.0 Å². The maximum Gasteiger partial charge on any atom is 0.410 e. The normalized spacial score (nSPS) is 20.2. The van der Waals surface area contributed by atoms with E-state index in [0.29, 0.717) is 12.4 Å². The molecule has 1 amide bonds. The fourth-order valence-corrected chi connectivity index (χ4v) is 3.98. The van der Waals surface area contributed by atoms with Crippen LogP contribution in [0.4, 0.5) is 28.2 Å². The van der Waals surface area contributed by atoms with Gasteiger partial charge in [0.1, 0.15) is 23.7 Å². The molecule has 1 atom stereocenters. The summed E-state index contributed by atoms with van der Waals surface area (Å²) in [7, 11) is 0. The molecule has 198 valence electrons. The number of likely N-dealkylation sites (tertiary alicyclic amines) is 1. The number of carbonyl (C=O) groups is 1. The summed E-state index contributed by atoms with van der Waals surface area (Å²) in [6.07, 6.45) is -1.12. The molecule has 0 bridgehead atoms. The van der Waals surface area contributed by atoms with Gasteiger partial charge >= 0.3 is 6.09 Å². The lowest BCUT2D eigenvalue weighted by molar-refractivity contribution is -0.0361. The molecule has 0 aromatic carbocycles. The van der Waals surface area contributed by atoms with E-state index in [1.807, 2.05) is 0 Å². The van der Waals surface area contributed by atoms with Gasteiger partial charge in [0.2, 0.25) is 11.8 Å². The zero-order valence-corrected chi connectivity index (χ0v) is 20.4. The Bertz CT molecular complexity index is 1060. The van der Waals surface area contributed by atoms with E-state index in [2.05, 4.69) is 20.4 Å². The van der Waals surface area contributed by atoms with Crippen molar-refractivity contribution in [3.05, 3.63) is 24.0 Å². The molecule has 1 saturated carbocycles. The lowest BCUT2D eigenvalue weighted by Gasteiger charge is -2.40. The molecule has 1 aliphatic heterocycles. The van der Waals surface area contributed by atoms with Gasteiger partial charge in [0.25, 0.3) is 12.4 Å². The lowest BCUT2D eigenvalue weighted by atomic mass is 9.92. The van der Waals surface area contributed by atoms with Crippen LogP contribution in [-0.2, 0) is 4.74 Å². The van der Waals surface area contributed by atoms with Crippen molar-refractivity contribution in [1.29, 1.82) is 0 Å². The van der Waals surface area contributed by atoms with E-state index in [1.165, 1.54) is 12.3 Å². The number of nitrogens with one attached hydrogen (secondary N) is 1. The lowest BCUT2D eigenvalue weighted by Crippen LogP contribution is -2.55. The number of ether oxygens (including phenoxy) is 2. The van der Waals surface area contributed by atoms with Crippen LogP contribution >= 0.6 is 0 Å². The number of aromatic nitrogens is 4. The Labute approximate surface area is 206 Å². The van der Waals surface area contributed by atoms with Crippen molar-refractivity contribution in [3.63, 3.8) is 0 Å². The van der Waals surface area contributed by atoms with Crippen LogP contribution in [0.5, 0.6) is 5.88 Å². The van der Waals surface area contributed by atoms with Crippen LogP contribution < -0.4 is 10.1 Å². The maximum atomic E-state index is 13.5. The van der Waals surface area contributed by atoms with E-state index < -0.39 is 29.7 Å². The Morgan fingerprint density at radius 3 is 2.53 bits per heavy atom. The second kappa shape index (κ2) is 10.1. The number of nitrogens with zero attached hydrogens (tertiary/aromatic N) is 5. The van der Waals surface area contributed by atoms with Crippen molar-refractivity contribution in [2.24, 2.45) is 0 Å². The number of hydrogen-bond donors (Lipinski definition) is 1. The second-order valence-electron chi connectivity index (χ2n) is 10.1. The van der Waals surface area contributed by atoms with Crippen LogP contribution in [0, 0.1) is 0 Å². The average molecular weight is 515 g/mol. The molecule has 1 N–H and O–H groups in total. The van der Waals surface area contributed by atoms with Gasteiger partial charge in [-0.15, -0.1) is 0 Å². The summed E-state index contributed by atoms with van der Waals surface area (Å²) >= 11 is 0. The fourth-order valence-electron chi connectivity index (χ4n) is 3.98. The minimum Gasteiger partial charge on any atom is -0.475 e. The Morgan fingerprint density at radius 1 is 1.22 bits per heavy atom. The minimum absolute atomic E-state index is 0.0133. The maximum absolute atomic E-state index is 13.5. The van der Waals surface area contributed by atoms with Crippen LogP contribution in [-0.4, -0.2) is 67.5 Å². The number of carbonyl (C=O) groups excluding carboxylic acids is 1. The SMILES string of the molecule is CC(C)(C)OC(=O)N1CCC1COc1cc(NC2CCC(F)(F)CC2)nc(-n2ccc(C(F)F)n2)n1. The van der Waals surface area contributed by atoms with Gasteiger partial charge in [-0.2, -0.15) is 15.1 Å². The van der Waals surface area contributed by atoms with Crippen molar-refractivity contribution in [3.8, 4) is 11.8 Å². The molecule has 2 fully saturated rings. The van der Waals surface area contributed by atoms with E-state index in [-0.39, 0.29) is 56.2 Å². The number of halogens is 4. The standard InChI is InChI=1S/C23H30F4N6O3/c1-22(2,3)36-21(34)32-10-6-15(32)13-35-18-12-17(28-14-4-8-23(26,27)9-5-14)29-20(30-18)33-11-7-16(31-33)19(24)25/h7,11-12,14-15,19H,4-6,8-10,13H2,1-3H3,(H,28,29,30). The highest BCUT2D eigenvalue weighted by Crippen LogP contribution is 2.34. The van der Waals surface area contributed by atoms with Crippen LogP contribution in [0.25, 0.3) is 5.95 Å². The number of alkyl halides is 4. The monoisotopic (exact) mass is 514 g/mol. The van der Waals surface area contributed by atoms with Crippen molar-refractivity contribution < 1.29 is 31.8 Å². The third-order valence-electron chi connectivity index (χ3n) is 5.99. The van der Waals surface area contributed by atoms with Gasteiger partial charge in [0.05, 0.1) is 6.04 Å². The molecular formula is C23H30F4N6O3. The molecular weight excluding hydrogens is 484 g/mol. The van der Waals surface area contributed by atoms with Crippen LogP contribution in [0.3, 0.4) is 0 Å². The second-order valence-corrected chi connectivity index (χ2v) is 10.1. The molecule has 0 spiro atoms. The fraction of sp³-hybridized carbons (Fsp3) is 0.652. The van der Waals surface area contributed by atoms with E-state index in [4.69, 9.17) is 9.47 Å².